The normalized spacial score (nSPS) is 15.6. The Morgan fingerprint density at radius 1 is 0.897 bits per heavy atom. The topological polar surface area (TPSA) is 132 Å². The van der Waals surface area contributed by atoms with Crippen LogP contribution in [0.25, 0.3) is 5.57 Å². The first kappa shape index (κ1) is 28.0. The average Bonchev–Trinajstić information content (AvgIpc) is 3.37. The molecule has 12 heteroatoms. The van der Waals surface area contributed by atoms with Crippen molar-refractivity contribution in [3.05, 3.63) is 99.8 Å². The van der Waals surface area contributed by atoms with E-state index in [1.54, 1.807) is 35.7 Å². The number of allylic oxidation sites excluding steroid dienone is 3. The van der Waals surface area contributed by atoms with Crippen LogP contribution in [-0.2, 0) is 24.5 Å². The molecular formula is C27H22N2O7S3. The van der Waals surface area contributed by atoms with Crippen LogP contribution in [0, 0.1) is 25.2 Å². The molecule has 0 atom stereocenters. The van der Waals surface area contributed by atoms with Gasteiger partial charge in [0.25, 0.3) is 0 Å². The fourth-order valence-corrected chi connectivity index (χ4v) is 6.05. The molecule has 0 amide bonds. The summed E-state index contributed by atoms with van der Waals surface area (Å²) >= 11 is 1.22. The number of hydrogen-bond acceptors (Lipinski definition) is 10. The maximum Gasteiger partial charge on any atom is 0.358 e. The smallest absolute Gasteiger partial charge is 0.358 e. The van der Waals surface area contributed by atoms with Gasteiger partial charge >= 0.3 is 20.2 Å². The molecule has 0 radical (unpaired) electrons. The second kappa shape index (κ2) is 11.4. The van der Waals surface area contributed by atoms with Gasteiger partial charge in [0.1, 0.15) is 21.6 Å². The molecule has 0 fully saturated rings. The molecule has 3 aromatic rings. The van der Waals surface area contributed by atoms with Crippen LogP contribution >= 0.6 is 11.8 Å². The van der Waals surface area contributed by atoms with Crippen molar-refractivity contribution in [3.63, 3.8) is 0 Å². The number of thioether (sulfide) groups is 1. The van der Waals surface area contributed by atoms with E-state index in [0.29, 0.717) is 16.0 Å². The standard InChI is InChI=1S/C27H22N2O7S3/c1-18-8-10-20(11-9-18)38(30,31)35-25-13-12-21(16-26(25)34-3)39(32,33)36-29-24-14-15-37-27(24)23(17-28)22-7-5-4-6-19(22)2/h4-16H,1-3H3/b27-23-,29-24-. The van der Waals surface area contributed by atoms with E-state index in [1.165, 1.54) is 31.0 Å². The molecule has 0 spiro atoms. The Bertz CT molecular complexity index is 1770. The number of oxime groups is 1. The van der Waals surface area contributed by atoms with E-state index >= 15 is 0 Å². The van der Waals surface area contributed by atoms with Gasteiger partial charge in [0, 0.05) is 6.07 Å². The lowest BCUT2D eigenvalue weighted by atomic mass is 10.0. The summed E-state index contributed by atoms with van der Waals surface area (Å²) in [5.74, 6) is -0.355. The quantitative estimate of drug-likeness (QED) is 0.196. The van der Waals surface area contributed by atoms with Gasteiger partial charge in [-0.1, -0.05) is 58.9 Å². The Balaban J connectivity index is 1.61. The first-order valence-electron chi connectivity index (χ1n) is 11.3. The lowest BCUT2D eigenvalue weighted by molar-refractivity contribution is 0.338. The number of nitriles is 1. The number of hydrogen-bond donors (Lipinski definition) is 0. The summed E-state index contributed by atoms with van der Waals surface area (Å²) < 4.78 is 66.5. The molecule has 39 heavy (non-hydrogen) atoms. The monoisotopic (exact) mass is 582 g/mol. The third-order valence-corrected chi connectivity index (χ3v) is 8.84. The highest BCUT2D eigenvalue weighted by Gasteiger charge is 2.25. The zero-order valence-corrected chi connectivity index (χ0v) is 23.4. The van der Waals surface area contributed by atoms with Crippen molar-refractivity contribution in [1.82, 2.24) is 0 Å². The number of aryl methyl sites for hydroxylation is 2. The SMILES string of the molecule is COc1cc(S(=O)(=O)O/N=C2/C=CS/C2=C(/C#N)c2ccccc2C)ccc1OS(=O)(=O)c1ccc(C)cc1. The second-order valence-electron chi connectivity index (χ2n) is 8.22. The number of methoxy groups -OCH3 is 1. The minimum absolute atomic E-state index is 0.0696. The number of benzene rings is 3. The van der Waals surface area contributed by atoms with Crippen molar-refractivity contribution in [1.29, 1.82) is 5.26 Å². The van der Waals surface area contributed by atoms with Gasteiger partial charge in [-0.05, 0) is 60.7 Å². The molecule has 200 valence electrons. The largest absolute Gasteiger partial charge is 0.493 e. The number of nitrogens with zero attached hydrogens (tertiary/aromatic N) is 2. The molecule has 3 aromatic carbocycles. The Morgan fingerprint density at radius 3 is 2.26 bits per heavy atom. The predicted octanol–water partition coefficient (Wildman–Crippen LogP) is 5.34. The summed E-state index contributed by atoms with van der Waals surface area (Å²) in [6, 6.07) is 18.9. The van der Waals surface area contributed by atoms with Crippen LogP contribution in [0.5, 0.6) is 11.5 Å². The Labute approximate surface area is 231 Å². The minimum atomic E-state index is -4.45. The van der Waals surface area contributed by atoms with Crippen LogP contribution in [0.3, 0.4) is 0 Å². The second-order valence-corrected chi connectivity index (χ2v) is 12.2. The Morgan fingerprint density at radius 2 is 1.59 bits per heavy atom. The van der Waals surface area contributed by atoms with E-state index in [2.05, 4.69) is 11.2 Å². The molecule has 9 nitrogen and oxygen atoms in total. The van der Waals surface area contributed by atoms with Gasteiger partial charge in [0.15, 0.2) is 11.5 Å². The molecule has 0 saturated carbocycles. The molecule has 1 aliphatic heterocycles. The van der Waals surface area contributed by atoms with Gasteiger partial charge in [-0.15, -0.1) is 0 Å². The van der Waals surface area contributed by atoms with E-state index < -0.39 is 20.2 Å². The molecule has 1 heterocycles. The molecule has 0 bridgehead atoms. The van der Waals surface area contributed by atoms with Crippen LogP contribution in [0.1, 0.15) is 16.7 Å². The van der Waals surface area contributed by atoms with Gasteiger partial charge in [0.2, 0.25) is 0 Å². The third kappa shape index (κ3) is 6.17. The van der Waals surface area contributed by atoms with E-state index in [1.807, 2.05) is 26.0 Å². The summed E-state index contributed by atoms with van der Waals surface area (Å²) in [5, 5.41) is 15.3. The lowest BCUT2D eigenvalue weighted by Gasteiger charge is -2.12. The molecule has 0 unspecified atom stereocenters. The highest BCUT2D eigenvalue weighted by atomic mass is 32.2. The summed E-state index contributed by atoms with van der Waals surface area (Å²) in [6.07, 6.45) is 1.54. The number of rotatable bonds is 8. The van der Waals surface area contributed by atoms with Gasteiger partial charge in [0.05, 0.1) is 17.6 Å². The first-order valence-corrected chi connectivity index (χ1v) is 15.0. The molecule has 0 aromatic heterocycles. The van der Waals surface area contributed by atoms with Gasteiger partial charge in [-0.2, -0.15) is 22.1 Å². The zero-order valence-electron chi connectivity index (χ0n) is 21.0. The van der Waals surface area contributed by atoms with Crippen molar-refractivity contribution in [3.8, 4) is 17.6 Å². The minimum Gasteiger partial charge on any atom is -0.493 e. The van der Waals surface area contributed by atoms with Crippen molar-refractivity contribution >= 4 is 43.3 Å². The van der Waals surface area contributed by atoms with Crippen molar-refractivity contribution in [2.24, 2.45) is 5.16 Å². The van der Waals surface area contributed by atoms with Gasteiger partial charge in [-0.3, -0.25) is 4.28 Å². The fourth-order valence-electron chi connectivity index (χ4n) is 3.52. The van der Waals surface area contributed by atoms with Crippen LogP contribution in [0.15, 0.2) is 98.1 Å². The summed E-state index contributed by atoms with van der Waals surface area (Å²) in [7, 11) is -7.41. The number of ether oxygens (including phenoxy) is 1. The molecular weight excluding hydrogens is 561 g/mol. The van der Waals surface area contributed by atoms with Gasteiger partial charge < -0.3 is 8.92 Å². The highest BCUT2D eigenvalue weighted by Crippen LogP contribution is 2.36. The predicted molar refractivity (Wildman–Crippen MR) is 148 cm³/mol. The Hall–Kier alpha value is -4.05. The zero-order chi connectivity index (χ0) is 28.2. The van der Waals surface area contributed by atoms with Crippen LogP contribution in [0.4, 0.5) is 0 Å². The van der Waals surface area contributed by atoms with Crippen LogP contribution in [-0.4, -0.2) is 29.7 Å². The average molecular weight is 583 g/mol. The summed E-state index contributed by atoms with van der Waals surface area (Å²) in [6.45, 7) is 3.68. The maximum absolute atomic E-state index is 12.9. The molecule has 0 aliphatic carbocycles. The van der Waals surface area contributed by atoms with E-state index in [9.17, 15) is 22.1 Å². The van der Waals surface area contributed by atoms with E-state index in [0.717, 1.165) is 29.3 Å². The molecule has 4 rings (SSSR count). The maximum atomic E-state index is 12.9. The summed E-state index contributed by atoms with van der Waals surface area (Å²) in [4.78, 5) is 0.0350. The van der Waals surface area contributed by atoms with Crippen LogP contribution in [0.2, 0.25) is 0 Å². The molecule has 0 saturated heterocycles. The Kier molecular flexibility index (Phi) is 8.15. The first-order chi connectivity index (χ1) is 18.6. The van der Waals surface area contributed by atoms with Crippen LogP contribution < -0.4 is 8.92 Å². The van der Waals surface area contributed by atoms with Crippen molar-refractivity contribution in [2.75, 3.05) is 7.11 Å². The summed E-state index contributed by atoms with van der Waals surface area (Å²) in [5.41, 5.74) is 2.95. The van der Waals surface area contributed by atoms with E-state index in [-0.39, 0.29) is 27.0 Å². The van der Waals surface area contributed by atoms with Gasteiger partial charge in [-0.25, -0.2) is 0 Å². The molecule has 0 N–H and O–H groups in total. The van der Waals surface area contributed by atoms with E-state index in [4.69, 9.17) is 13.2 Å². The lowest BCUT2D eigenvalue weighted by Crippen LogP contribution is -2.11. The van der Waals surface area contributed by atoms with Crippen molar-refractivity contribution < 1.29 is 30.0 Å². The van der Waals surface area contributed by atoms with Crippen molar-refractivity contribution in [2.45, 2.75) is 23.6 Å². The molecule has 1 aliphatic rings. The fraction of sp³-hybridized carbons (Fsp3) is 0.111. The highest BCUT2D eigenvalue weighted by molar-refractivity contribution is 8.07. The third-order valence-electron chi connectivity index (χ3n) is 5.56.